The number of hydrogen-bond acceptors (Lipinski definition) is 9. The molecule has 3 atom stereocenters. The van der Waals surface area contributed by atoms with Gasteiger partial charge in [-0.1, -0.05) is 31.7 Å². The van der Waals surface area contributed by atoms with Crippen LogP contribution in [0.15, 0.2) is 30.9 Å². The van der Waals surface area contributed by atoms with Crippen molar-refractivity contribution >= 4 is 29.3 Å². The fraction of sp³-hybridized carbons (Fsp3) is 0.531. The van der Waals surface area contributed by atoms with Gasteiger partial charge in [0.15, 0.2) is 5.78 Å². The van der Waals surface area contributed by atoms with E-state index in [1.807, 2.05) is 6.92 Å². The maximum atomic E-state index is 14.2. The van der Waals surface area contributed by atoms with Gasteiger partial charge in [0.1, 0.15) is 18.1 Å². The smallest absolute Gasteiger partial charge is 0.319 e. The van der Waals surface area contributed by atoms with Gasteiger partial charge in [0, 0.05) is 37.0 Å². The molecule has 42 heavy (non-hydrogen) atoms. The predicted octanol–water partition coefficient (Wildman–Crippen LogP) is 3.98. The van der Waals surface area contributed by atoms with Gasteiger partial charge in [-0.25, -0.2) is 0 Å². The SMILES string of the molecule is C=CC(=O)N1CCN(c2nc(OCC3CCCN3C)nc(C(=O)[C@@H]3Cc4cccc(C)c4CS3)c2CC)CC1CC#N. The zero-order valence-corrected chi connectivity index (χ0v) is 25.7. The molecule has 2 fully saturated rings. The van der Waals surface area contributed by atoms with E-state index in [0.29, 0.717) is 50.6 Å². The zero-order chi connectivity index (χ0) is 29.8. The van der Waals surface area contributed by atoms with Crippen LogP contribution < -0.4 is 9.64 Å². The highest BCUT2D eigenvalue weighted by Crippen LogP contribution is 2.36. The number of likely N-dealkylation sites (tertiary alicyclic amines) is 1. The number of anilines is 1. The van der Waals surface area contributed by atoms with Crippen LogP contribution in [-0.2, 0) is 23.4 Å². The summed E-state index contributed by atoms with van der Waals surface area (Å²) in [6.45, 7) is 10.7. The Hall–Kier alpha value is -3.42. The topological polar surface area (TPSA) is 103 Å². The Morgan fingerprint density at radius 2 is 2.07 bits per heavy atom. The number of aromatic nitrogens is 2. The fourth-order valence-electron chi connectivity index (χ4n) is 6.33. The summed E-state index contributed by atoms with van der Waals surface area (Å²) < 4.78 is 6.21. The van der Waals surface area contributed by atoms with Crippen LogP contribution in [0.2, 0.25) is 0 Å². The number of fused-ring (bicyclic) bond motifs is 1. The summed E-state index contributed by atoms with van der Waals surface area (Å²) in [4.78, 5) is 42.5. The molecule has 0 N–H and O–H groups in total. The van der Waals surface area contributed by atoms with Gasteiger partial charge in [0.05, 0.1) is 23.8 Å². The number of thioether (sulfide) groups is 1. The van der Waals surface area contributed by atoms with Gasteiger partial charge in [-0.05, 0) is 69.0 Å². The van der Waals surface area contributed by atoms with Crippen molar-refractivity contribution in [3.05, 3.63) is 58.8 Å². The first-order valence-corrected chi connectivity index (χ1v) is 15.9. The molecule has 10 heteroatoms. The van der Waals surface area contributed by atoms with E-state index in [1.54, 1.807) is 16.7 Å². The second-order valence-electron chi connectivity index (χ2n) is 11.4. The Labute approximate surface area is 252 Å². The zero-order valence-electron chi connectivity index (χ0n) is 24.8. The summed E-state index contributed by atoms with van der Waals surface area (Å²) in [5.41, 5.74) is 5.03. The van der Waals surface area contributed by atoms with Crippen LogP contribution in [0.3, 0.4) is 0 Å². The van der Waals surface area contributed by atoms with E-state index in [4.69, 9.17) is 14.7 Å². The predicted molar refractivity (Wildman–Crippen MR) is 165 cm³/mol. The van der Waals surface area contributed by atoms with Crippen molar-refractivity contribution in [2.45, 2.75) is 69.0 Å². The molecule has 2 saturated heterocycles. The second-order valence-corrected chi connectivity index (χ2v) is 12.6. The molecule has 0 radical (unpaired) electrons. The van der Waals surface area contributed by atoms with E-state index in [9.17, 15) is 14.9 Å². The van der Waals surface area contributed by atoms with E-state index in [1.165, 1.54) is 22.8 Å². The molecule has 1 aromatic heterocycles. The number of carbonyl (C=O) groups excluding carboxylic acids is 2. The molecule has 1 aromatic carbocycles. The molecule has 0 saturated carbocycles. The van der Waals surface area contributed by atoms with E-state index in [0.717, 1.165) is 30.7 Å². The number of ether oxygens (including phenoxy) is 1. The summed E-state index contributed by atoms with van der Waals surface area (Å²) >= 11 is 1.68. The Morgan fingerprint density at radius 3 is 2.79 bits per heavy atom. The third kappa shape index (κ3) is 6.18. The monoisotopic (exact) mass is 588 g/mol. The second kappa shape index (κ2) is 13.3. The number of benzene rings is 1. The van der Waals surface area contributed by atoms with Crippen molar-refractivity contribution in [1.82, 2.24) is 19.8 Å². The highest BCUT2D eigenvalue weighted by Gasteiger charge is 2.35. The van der Waals surface area contributed by atoms with Crippen LogP contribution in [0.4, 0.5) is 5.82 Å². The number of hydrogen-bond donors (Lipinski definition) is 0. The quantitative estimate of drug-likeness (QED) is 0.318. The number of piperazine rings is 1. The van der Waals surface area contributed by atoms with E-state index >= 15 is 0 Å². The Morgan fingerprint density at radius 1 is 1.24 bits per heavy atom. The lowest BCUT2D eigenvalue weighted by Crippen LogP contribution is -2.55. The summed E-state index contributed by atoms with van der Waals surface area (Å²) in [6.07, 6.45) is 4.91. The maximum Gasteiger partial charge on any atom is 0.319 e. The van der Waals surface area contributed by atoms with Crippen LogP contribution in [0.5, 0.6) is 6.01 Å². The van der Waals surface area contributed by atoms with Crippen molar-refractivity contribution in [2.24, 2.45) is 0 Å². The number of likely N-dealkylation sites (N-methyl/N-ethyl adjacent to an activating group) is 1. The minimum atomic E-state index is -0.307. The Kier molecular flexibility index (Phi) is 9.49. The van der Waals surface area contributed by atoms with E-state index < -0.39 is 0 Å². The molecule has 3 aliphatic rings. The first-order valence-electron chi connectivity index (χ1n) is 14.9. The van der Waals surface area contributed by atoms with E-state index in [-0.39, 0.29) is 41.5 Å². The molecule has 5 rings (SSSR count). The molecule has 1 amide bonds. The first kappa shape index (κ1) is 30.1. The number of ketones is 1. The largest absolute Gasteiger partial charge is 0.462 e. The van der Waals surface area contributed by atoms with Crippen molar-refractivity contribution < 1.29 is 14.3 Å². The lowest BCUT2D eigenvalue weighted by atomic mass is 9.95. The Balaban J connectivity index is 1.49. The van der Waals surface area contributed by atoms with Crippen LogP contribution in [-0.4, -0.2) is 88.6 Å². The average molecular weight is 589 g/mol. The number of rotatable bonds is 9. The van der Waals surface area contributed by atoms with Crippen molar-refractivity contribution in [3.63, 3.8) is 0 Å². The normalized spacial score (nSPS) is 22.4. The van der Waals surface area contributed by atoms with Crippen molar-refractivity contribution in [2.75, 3.05) is 44.7 Å². The molecule has 2 aromatic rings. The molecule has 222 valence electrons. The summed E-state index contributed by atoms with van der Waals surface area (Å²) in [6, 6.07) is 8.72. The summed E-state index contributed by atoms with van der Waals surface area (Å²) in [7, 11) is 2.10. The lowest BCUT2D eigenvalue weighted by molar-refractivity contribution is -0.128. The van der Waals surface area contributed by atoms with Crippen LogP contribution >= 0.6 is 11.8 Å². The van der Waals surface area contributed by atoms with Gasteiger partial charge in [0.2, 0.25) is 5.91 Å². The van der Waals surface area contributed by atoms with Gasteiger partial charge in [0.25, 0.3) is 0 Å². The lowest BCUT2D eigenvalue weighted by Gasteiger charge is -2.41. The maximum absolute atomic E-state index is 14.2. The van der Waals surface area contributed by atoms with Crippen LogP contribution in [0.25, 0.3) is 0 Å². The standard InChI is InChI=1S/C32H40N6O3S/c1-5-25-29(30(40)27-17-22-10-7-9-21(3)26(22)20-42-27)34-32(41-19-24-11-8-14-36(24)4)35-31(25)37-15-16-38(28(39)6-2)23(18-37)12-13-33/h6-7,9-10,23-24,27H,2,5,8,11-12,14-20H2,1,3-4H3/t23?,24?,27-/m0/s1. The molecule has 0 bridgehead atoms. The number of carbonyl (C=O) groups is 2. The first-order chi connectivity index (χ1) is 20.3. The van der Waals surface area contributed by atoms with Gasteiger partial charge < -0.3 is 19.4 Å². The average Bonchev–Trinajstić information content (AvgIpc) is 3.43. The number of amides is 1. The van der Waals surface area contributed by atoms with Crippen LogP contribution in [0.1, 0.15) is 58.9 Å². The third-order valence-electron chi connectivity index (χ3n) is 8.83. The number of nitrogens with zero attached hydrogens (tertiary/aromatic N) is 6. The van der Waals surface area contributed by atoms with E-state index in [2.05, 4.69) is 54.6 Å². The van der Waals surface area contributed by atoms with Gasteiger partial charge in [-0.15, -0.1) is 11.8 Å². The number of Topliss-reactive ketones (excluding diaryl/α,β-unsaturated/α-hetero) is 1. The van der Waals surface area contributed by atoms with Gasteiger partial charge in [-0.3, -0.25) is 9.59 Å². The Bertz CT molecular complexity index is 1390. The molecular weight excluding hydrogens is 548 g/mol. The minimum absolute atomic E-state index is 0.00420. The minimum Gasteiger partial charge on any atom is -0.462 e. The van der Waals surface area contributed by atoms with Gasteiger partial charge in [-0.2, -0.15) is 15.2 Å². The van der Waals surface area contributed by atoms with Gasteiger partial charge >= 0.3 is 6.01 Å². The molecule has 0 spiro atoms. The molecule has 9 nitrogen and oxygen atoms in total. The fourth-order valence-corrected chi connectivity index (χ4v) is 7.67. The van der Waals surface area contributed by atoms with Crippen LogP contribution in [0, 0.1) is 18.3 Å². The summed E-state index contributed by atoms with van der Waals surface area (Å²) in [5, 5.41) is 9.27. The van der Waals surface area contributed by atoms with Crippen molar-refractivity contribution in [1.29, 1.82) is 5.26 Å². The highest BCUT2D eigenvalue weighted by atomic mass is 32.2. The van der Waals surface area contributed by atoms with Crippen molar-refractivity contribution in [3.8, 4) is 12.1 Å². The molecule has 3 aliphatic heterocycles. The molecular formula is C32H40N6O3S. The third-order valence-corrected chi connectivity index (χ3v) is 10.1. The summed E-state index contributed by atoms with van der Waals surface area (Å²) in [5.74, 6) is 1.28. The number of aryl methyl sites for hydroxylation is 1. The highest BCUT2D eigenvalue weighted by molar-refractivity contribution is 7.99. The number of nitriles is 1. The molecule has 4 heterocycles. The molecule has 0 aliphatic carbocycles. The molecule has 2 unspecified atom stereocenters.